The fraction of sp³-hybridized carbons (Fsp3) is 0.0444. The van der Waals surface area contributed by atoms with E-state index in [9.17, 15) is 4.79 Å². The summed E-state index contributed by atoms with van der Waals surface area (Å²) >= 11 is 0. The predicted octanol–water partition coefficient (Wildman–Crippen LogP) is 9.19. The number of fused-ring (bicyclic) bond motifs is 8. The number of hydrogen-bond donors (Lipinski definition) is 0. The average molecular weight is 717 g/mol. The molecule has 0 saturated heterocycles. The Morgan fingerprint density at radius 3 is 1.46 bits per heavy atom. The van der Waals surface area contributed by atoms with E-state index in [1.54, 1.807) is 6.08 Å². The molecule has 6 aromatic rings. The van der Waals surface area contributed by atoms with Crippen LogP contribution in [0.5, 0.6) is 0 Å². The van der Waals surface area contributed by atoms with Gasteiger partial charge in [-0.25, -0.2) is 14.8 Å². The number of carbonyl (C=O) groups excluding carboxylic acids is 1. The minimum Gasteiger partial charge on any atom is -0.657 e. The van der Waals surface area contributed by atoms with E-state index in [0.717, 1.165) is 83.8 Å². The Bertz CT molecular complexity index is 2540. The molecule has 0 radical (unpaired) electrons. The quantitative estimate of drug-likeness (QED) is 0.0708. The normalized spacial score (nSPS) is 11.7. The average Bonchev–Trinajstić information content (AvgIpc) is 4.01. The van der Waals surface area contributed by atoms with E-state index in [2.05, 4.69) is 66.6 Å². The molecule has 8 bridgehead atoms. The Balaban J connectivity index is 0.00000420. The first-order valence-electron chi connectivity index (χ1n) is 16.6. The molecule has 3 aromatic heterocycles. The summed E-state index contributed by atoms with van der Waals surface area (Å²) in [6.45, 7) is -0.0863. The van der Waals surface area contributed by atoms with Gasteiger partial charge < -0.3 is 14.7 Å². The number of carbonyl (C=O) groups is 1. The van der Waals surface area contributed by atoms with Gasteiger partial charge in [0.1, 0.15) is 0 Å². The molecule has 0 amide bonds. The van der Waals surface area contributed by atoms with Crippen LogP contribution in [0.3, 0.4) is 0 Å². The van der Waals surface area contributed by atoms with Crippen LogP contribution >= 0.6 is 0 Å². The topological polar surface area (TPSA) is 80.3 Å². The molecule has 3 aromatic carbocycles. The number of terminal acetylenes is 1. The number of ether oxygens (including phenoxy) is 1. The van der Waals surface area contributed by atoms with E-state index in [0.29, 0.717) is 6.42 Å². The first kappa shape index (κ1) is 34.0. The molecule has 52 heavy (non-hydrogen) atoms. The van der Waals surface area contributed by atoms with Crippen LogP contribution < -0.4 is 9.97 Å². The molecule has 2 aliphatic rings. The largest absolute Gasteiger partial charge is 2.00 e. The summed E-state index contributed by atoms with van der Waals surface area (Å²) in [5.74, 6) is 1.82. The van der Waals surface area contributed by atoms with Crippen molar-refractivity contribution >= 4 is 52.3 Å². The smallest absolute Gasteiger partial charge is 0.657 e. The maximum absolute atomic E-state index is 12.3. The van der Waals surface area contributed by atoms with E-state index in [1.807, 2.05) is 78.9 Å². The summed E-state index contributed by atoms with van der Waals surface area (Å²) in [4.78, 5) is 33.2. The van der Waals surface area contributed by atoms with Gasteiger partial charge in [0.25, 0.3) is 0 Å². The van der Waals surface area contributed by atoms with Crippen molar-refractivity contribution in [2.24, 2.45) is 0 Å². The van der Waals surface area contributed by atoms with Crippen molar-refractivity contribution in [1.82, 2.24) is 19.9 Å². The van der Waals surface area contributed by atoms with E-state index in [-0.39, 0.29) is 23.1 Å². The summed E-state index contributed by atoms with van der Waals surface area (Å²) < 4.78 is 5.06. The van der Waals surface area contributed by atoms with E-state index >= 15 is 0 Å². The molecule has 0 N–H and O–H groups in total. The van der Waals surface area contributed by atoms with Gasteiger partial charge in [-0.2, -0.15) is 0 Å². The Morgan fingerprint density at radius 1 is 0.596 bits per heavy atom. The van der Waals surface area contributed by atoms with Gasteiger partial charge in [-0.1, -0.05) is 127 Å². The van der Waals surface area contributed by atoms with Gasteiger partial charge in [-0.05, 0) is 69.7 Å². The number of nitrogens with zero attached hydrogens (tertiary/aromatic N) is 4. The third-order valence-electron chi connectivity index (χ3n) is 8.78. The minimum atomic E-state index is -0.503. The summed E-state index contributed by atoms with van der Waals surface area (Å²) in [5.41, 5.74) is 12.9. The SMILES string of the molecule is C#CCOC(=O)/C=C/Cc1c2nc(c(-c3ccccc3)c3ccc([n-]3)c(-c3ccccc3)c3nc(c(-c4ccccc4)c4ccc1[n-]4)C=C3)C=C2.[Ni+2]. The van der Waals surface area contributed by atoms with Crippen molar-refractivity contribution in [3.05, 3.63) is 156 Å². The summed E-state index contributed by atoms with van der Waals surface area (Å²) in [6, 6.07) is 38.8. The zero-order valence-corrected chi connectivity index (χ0v) is 28.8. The standard InChI is InChI=1S/C45H30N4O2.Ni/c1-2-29-51-42(50)20-12-19-33-34-21-23-36(46-34)43(30-13-6-3-7-14-30)38-25-27-40(48-38)45(32-17-10-5-11-18-32)41-28-26-39(49-41)44(31-15-8-4-9-16-31)37-24-22-35(33)47-37;/h1,3-18,20-28H,19,29H2;/q-2;+2/b20-12+,34-33?,35-33?,43-36?,43-38?,44-37?,44-39?,45-40?,45-41?;. The molecule has 0 unspecified atom stereocenters. The number of hydrogen-bond acceptors (Lipinski definition) is 4. The number of aromatic nitrogens is 4. The fourth-order valence-corrected chi connectivity index (χ4v) is 6.49. The van der Waals surface area contributed by atoms with Crippen LogP contribution in [0.2, 0.25) is 0 Å². The molecule has 252 valence electrons. The summed E-state index contributed by atoms with van der Waals surface area (Å²) in [5, 5.41) is 0. The Hall–Kier alpha value is -6.48. The molecule has 0 saturated carbocycles. The molecule has 7 heteroatoms. The number of rotatable bonds is 7. The van der Waals surface area contributed by atoms with Crippen molar-refractivity contribution in [2.75, 3.05) is 6.61 Å². The molecule has 8 rings (SSSR count). The second-order valence-electron chi connectivity index (χ2n) is 12.0. The molecule has 0 aliphatic carbocycles. The van der Waals surface area contributed by atoms with Crippen LogP contribution in [-0.2, 0) is 32.4 Å². The van der Waals surface area contributed by atoms with Crippen LogP contribution in [0.25, 0.3) is 79.8 Å². The maximum atomic E-state index is 12.3. The van der Waals surface area contributed by atoms with Gasteiger partial charge in [0.2, 0.25) is 0 Å². The molecule has 5 heterocycles. The van der Waals surface area contributed by atoms with Crippen molar-refractivity contribution in [1.29, 1.82) is 0 Å². The minimum absolute atomic E-state index is 0. The number of allylic oxidation sites excluding steroid dienone is 1. The van der Waals surface area contributed by atoms with Crippen molar-refractivity contribution < 1.29 is 26.0 Å². The number of esters is 1. The second kappa shape index (κ2) is 15.2. The third-order valence-corrected chi connectivity index (χ3v) is 8.78. The Morgan fingerprint density at radius 2 is 1.00 bits per heavy atom. The molecular formula is C45H30N4NiO2. The van der Waals surface area contributed by atoms with Crippen LogP contribution in [-0.4, -0.2) is 22.5 Å². The first-order valence-corrected chi connectivity index (χ1v) is 16.6. The van der Waals surface area contributed by atoms with E-state index in [1.165, 1.54) is 6.08 Å². The second-order valence-corrected chi connectivity index (χ2v) is 12.0. The van der Waals surface area contributed by atoms with Gasteiger partial charge in [-0.3, -0.25) is 0 Å². The molecule has 2 aliphatic heterocycles. The first-order chi connectivity index (χ1) is 25.2. The predicted molar refractivity (Wildman–Crippen MR) is 206 cm³/mol. The van der Waals surface area contributed by atoms with Crippen molar-refractivity contribution in [3.8, 4) is 45.7 Å². The molecular weight excluding hydrogens is 687 g/mol. The van der Waals surface area contributed by atoms with Gasteiger partial charge in [0.05, 0.1) is 22.8 Å². The molecule has 0 fully saturated rings. The Labute approximate surface area is 311 Å². The summed E-state index contributed by atoms with van der Waals surface area (Å²) in [7, 11) is 0. The van der Waals surface area contributed by atoms with Gasteiger partial charge in [-0.15, -0.1) is 28.5 Å². The monoisotopic (exact) mass is 716 g/mol. The van der Waals surface area contributed by atoms with Gasteiger partial charge >= 0.3 is 22.5 Å². The maximum Gasteiger partial charge on any atom is 2.00 e. The van der Waals surface area contributed by atoms with Crippen LogP contribution in [0.1, 0.15) is 28.3 Å². The van der Waals surface area contributed by atoms with E-state index in [4.69, 9.17) is 31.1 Å². The Kier molecular flexibility index (Phi) is 9.93. The van der Waals surface area contributed by atoms with Crippen LogP contribution in [0, 0.1) is 12.3 Å². The molecule has 0 spiro atoms. The third kappa shape index (κ3) is 6.81. The number of benzene rings is 3. The van der Waals surface area contributed by atoms with Crippen molar-refractivity contribution in [2.45, 2.75) is 6.42 Å². The van der Waals surface area contributed by atoms with Crippen LogP contribution in [0.15, 0.2) is 127 Å². The van der Waals surface area contributed by atoms with Crippen molar-refractivity contribution in [3.63, 3.8) is 0 Å². The molecule has 6 nitrogen and oxygen atoms in total. The van der Waals surface area contributed by atoms with E-state index < -0.39 is 5.97 Å². The van der Waals surface area contributed by atoms with Gasteiger partial charge in [0.15, 0.2) is 6.61 Å². The molecule has 0 atom stereocenters. The zero-order valence-electron chi connectivity index (χ0n) is 27.8. The van der Waals surface area contributed by atoms with Gasteiger partial charge in [0, 0.05) is 6.08 Å². The zero-order chi connectivity index (χ0) is 34.6. The fourth-order valence-electron chi connectivity index (χ4n) is 6.49. The van der Waals surface area contributed by atoms with Crippen LogP contribution in [0.4, 0.5) is 0 Å². The summed E-state index contributed by atoms with van der Waals surface area (Å²) in [6.07, 6.45) is 16.9.